The minimum absolute atomic E-state index is 0.0550. The molecule has 2 aromatic carbocycles. The van der Waals surface area contributed by atoms with Gasteiger partial charge in [0, 0.05) is 18.7 Å². The number of anilines is 1. The van der Waals surface area contributed by atoms with E-state index in [9.17, 15) is 17.6 Å². The summed E-state index contributed by atoms with van der Waals surface area (Å²) >= 11 is 0. The van der Waals surface area contributed by atoms with Gasteiger partial charge in [0.2, 0.25) is 10.0 Å². The lowest BCUT2D eigenvalue weighted by Crippen LogP contribution is -2.42. The number of ether oxygens (including phenoxy) is 1. The molecule has 3 rings (SSSR count). The van der Waals surface area contributed by atoms with Crippen LogP contribution in [0.4, 0.5) is 10.1 Å². The fourth-order valence-electron chi connectivity index (χ4n) is 3.83. The van der Waals surface area contributed by atoms with Gasteiger partial charge in [0.15, 0.2) is 0 Å². The van der Waals surface area contributed by atoms with Gasteiger partial charge in [-0.25, -0.2) is 12.8 Å². The first-order chi connectivity index (χ1) is 14.2. The van der Waals surface area contributed by atoms with Crippen LogP contribution in [0.5, 0.6) is 5.75 Å². The molecule has 6 nitrogen and oxygen atoms in total. The second-order valence-electron chi connectivity index (χ2n) is 7.80. The number of hydrogen-bond donors (Lipinski definition) is 1. The van der Waals surface area contributed by atoms with Crippen molar-refractivity contribution in [3.05, 3.63) is 53.8 Å². The summed E-state index contributed by atoms with van der Waals surface area (Å²) in [7, 11) is -4.05. The van der Waals surface area contributed by atoms with Gasteiger partial charge >= 0.3 is 0 Å². The van der Waals surface area contributed by atoms with Crippen LogP contribution in [-0.2, 0) is 10.0 Å². The summed E-state index contributed by atoms with van der Waals surface area (Å²) < 4.78 is 47.5. The molecular weight excluding hydrogens is 407 g/mol. The second kappa shape index (κ2) is 9.14. The summed E-state index contributed by atoms with van der Waals surface area (Å²) in [6, 6.07) is 10.3. The Labute approximate surface area is 177 Å². The Kier molecular flexibility index (Phi) is 6.77. The smallest absolute Gasteiger partial charge is 0.255 e. The zero-order valence-corrected chi connectivity index (χ0v) is 18.2. The molecule has 162 valence electrons. The van der Waals surface area contributed by atoms with Crippen molar-refractivity contribution in [3.63, 3.8) is 0 Å². The third-order valence-electron chi connectivity index (χ3n) is 5.08. The van der Waals surface area contributed by atoms with Crippen LogP contribution in [0, 0.1) is 17.7 Å². The molecule has 1 fully saturated rings. The summed E-state index contributed by atoms with van der Waals surface area (Å²) in [5, 5.41) is 2.71. The van der Waals surface area contributed by atoms with Crippen molar-refractivity contribution in [2.75, 3.05) is 25.0 Å². The number of benzene rings is 2. The first-order valence-corrected chi connectivity index (χ1v) is 11.5. The Morgan fingerprint density at radius 1 is 1.17 bits per heavy atom. The topological polar surface area (TPSA) is 75.7 Å². The van der Waals surface area contributed by atoms with Crippen molar-refractivity contribution in [2.45, 2.75) is 32.1 Å². The fourth-order valence-corrected chi connectivity index (χ4v) is 5.60. The van der Waals surface area contributed by atoms with Gasteiger partial charge in [0.05, 0.1) is 12.3 Å². The monoisotopic (exact) mass is 434 g/mol. The predicted octanol–water partition coefficient (Wildman–Crippen LogP) is 4.14. The van der Waals surface area contributed by atoms with Gasteiger partial charge in [0.25, 0.3) is 5.91 Å². The SMILES string of the molecule is CCOc1ccccc1NC(=O)c1ccc(F)c(S(=O)(=O)N2C[C@H](C)C[C@H](C)C2)c1. The number of amides is 1. The summed E-state index contributed by atoms with van der Waals surface area (Å²) in [5.74, 6) is -0.535. The number of nitrogens with one attached hydrogen (secondary N) is 1. The van der Waals surface area contributed by atoms with Gasteiger partial charge in [-0.15, -0.1) is 0 Å². The Balaban J connectivity index is 1.89. The van der Waals surface area contributed by atoms with E-state index in [1.54, 1.807) is 24.3 Å². The summed E-state index contributed by atoms with van der Waals surface area (Å²) in [4.78, 5) is 12.3. The van der Waals surface area contributed by atoms with Crippen LogP contribution in [-0.4, -0.2) is 38.3 Å². The van der Waals surface area contributed by atoms with Gasteiger partial charge in [0.1, 0.15) is 16.5 Å². The molecule has 30 heavy (non-hydrogen) atoms. The molecule has 1 aliphatic rings. The van der Waals surface area contributed by atoms with Gasteiger partial charge in [-0.05, 0) is 55.5 Å². The van der Waals surface area contributed by atoms with Crippen LogP contribution in [0.15, 0.2) is 47.4 Å². The normalized spacial score (nSPS) is 20.0. The highest BCUT2D eigenvalue weighted by molar-refractivity contribution is 7.89. The average Bonchev–Trinajstić information content (AvgIpc) is 2.69. The van der Waals surface area contributed by atoms with Crippen molar-refractivity contribution in [1.29, 1.82) is 0 Å². The maximum atomic E-state index is 14.5. The third-order valence-corrected chi connectivity index (χ3v) is 6.93. The van der Waals surface area contributed by atoms with Crippen LogP contribution in [0.1, 0.15) is 37.6 Å². The van der Waals surface area contributed by atoms with Crippen molar-refractivity contribution >= 4 is 21.6 Å². The Bertz CT molecular complexity index is 1020. The number of rotatable bonds is 6. The quantitative estimate of drug-likeness (QED) is 0.741. The highest BCUT2D eigenvalue weighted by atomic mass is 32.2. The van der Waals surface area contributed by atoms with E-state index in [4.69, 9.17) is 4.74 Å². The number of sulfonamides is 1. The van der Waals surface area contributed by atoms with Crippen molar-refractivity contribution < 1.29 is 22.3 Å². The van der Waals surface area contributed by atoms with E-state index in [1.807, 2.05) is 20.8 Å². The van der Waals surface area contributed by atoms with Crippen molar-refractivity contribution in [1.82, 2.24) is 4.31 Å². The van der Waals surface area contributed by atoms with Crippen LogP contribution in [0.3, 0.4) is 0 Å². The molecule has 8 heteroatoms. The first kappa shape index (κ1) is 22.2. The lowest BCUT2D eigenvalue weighted by Gasteiger charge is -2.34. The molecule has 0 aromatic heterocycles. The lowest BCUT2D eigenvalue weighted by atomic mass is 9.94. The Morgan fingerprint density at radius 3 is 2.50 bits per heavy atom. The van der Waals surface area contributed by atoms with E-state index in [0.29, 0.717) is 31.1 Å². The minimum Gasteiger partial charge on any atom is -0.492 e. The molecule has 0 saturated carbocycles. The predicted molar refractivity (Wildman–Crippen MR) is 114 cm³/mol. The van der Waals surface area contributed by atoms with Gasteiger partial charge in [-0.1, -0.05) is 26.0 Å². The van der Waals surface area contributed by atoms with E-state index in [1.165, 1.54) is 10.4 Å². The number of halogens is 1. The van der Waals surface area contributed by atoms with Crippen LogP contribution in [0.25, 0.3) is 0 Å². The lowest BCUT2D eigenvalue weighted by molar-refractivity contribution is 0.102. The number of nitrogens with zero attached hydrogens (tertiary/aromatic N) is 1. The summed E-state index contributed by atoms with van der Waals surface area (Å²) in [6.45, 7) is 6.90. The second-order valence-corrected chi connectivity index (χ2v) is 9.70. The number of hydrogen-bond acceptors (Lipinski definition) is 4. The standard InChI is InChI=1S/C22H27FN2O4S/c1-4-29-20-8-6-5-7-19(20)24-22(26)17-9-10-18(23)21(12-17)30(27,28)25-13-15(2)11-16(3)14-25/h5-10,12,15-16H,4,11,13-14H2,1-3H3,(H,24,26)/t15-,16+. The maximum absolute atomic E-state index is 14.5. The van der Waals surface area contributed by atoms with Crippen LogP contribution < -0.4 is 10.1 Å². The molecular formula is C22H27FN2O4S. The molecule has 0 radical (unpaired) electrons. The average molecular weight is 435 g/mol. The van der Waals surface area contributed by atoms with E-state index in [2.05, 4.69) is 5.32 Å². The number of piperidine rings is 1. The number of carbonyl (C=O) groups excluding carboxylic acids is 1. The Hall–Kier alpha value is -2.45. The molecule has 0 bridgehead atoms. The molecule has 2 atom stereocenters. The zero-order chi connectivity index (χ0) is 21.9. The van der Waals surface area contributed by atoms with E-state index in [0.717, 1.165) is 18.6 Å². The van der Waals surface area contributed by atoms with Gasteiger partial charge < -0.3 is 10.1 Å². The molecule has 0 unspecified atom stereocenters. The van der Waals surface area contributed by atoms with Gasteiger partial charge in [-0.2, -0.15) is 4.31 Å². The molecule has 1 saturated heterocycles. The number of carbonyl (C=O) groups is 1. The molecule has 1 heterocycles. The maximum Gasteiger partial charge on any atom is 0.255 e. The minimum atomic E-state index is -4.05. The highest BCUT2D eigenvalue weighted by Gasteiger charge is 2.33. The van der Waals surface area contributed by atoms with Crippen molar-refractivity contribution in [2.24, 2.45) is 11.8 Å². The first-order valence-electron chi connectivity index (χ1n) is 10.0. The molecule has 2 aromatic rings. The van der Waals surface area contributed by atoms with Crippen LogP contribution >= 0.6 is 0 Å². The fraction of sp³-hybridized carbons (Fsp3) is 0.409. The van der Waals surface area contributed by atoms with E-state index < -0.39 is 26.6 Å². The molecule has 0 aliphatic carbocycles. The third kappa shape index (κ3) is 4.82. The van der Waals surface area contributed by atoms with E-state index in [-0.39, 0.29) is 17.4 Å². The molecule has 1 amide bonds. The van der Waals surface area contributed by atoms with Crippen molar-refractivity contribution in [3.8, 4) is 5.75 Å². The molecule has 0 spiro atoms. The summed E-state index contributed by atoms with van der Waals surface area (Å²) in [6.07, 6.45) is 0.927. The van der Waals surface area contributed by atoms with Crippen LogP contribution in [0.2, 0.25) is 0 Å². The summed E-state index contributed by atoms with van der Waals surface area (Å²) in [5.41, 5.74) is 0.510. The largest absolute Gasteiger partial charge is 0.492 e. The van der Waals surface area contributed by atoms with Gasteiger partial charge in [-0.3, -0.25) is 4.79 Å². The zero-order valence-electron chi connectivity index (χ0n) is 17.4. The molecule has 1 N–H and O–H groups in total. The number of para-hydroxylation sites is 2. The molecule has 1 aliphatic heterocycles. The highest BCUT2D eigenvalue weighted by Crippen LogP contribution is 2.29. The Morgan fingerprint density at radius 2 is 1.83 bits per heavy atom. The van der Waals surface area contributed by atoms with E-state index >= 15 is 0 Å².